The number of benzene rings is 2. The molecule has 0 bridgehead atoms. The van der Waals surface area contributed by atoms with Gasteiger partial charge in [0.15, 0.2) is 5.69 Å². The largest absolute Gasteiger partial charge is 0.435 e. The number of fused-ring (bicyclic) bond motifs is 1. The van der Waals surface area contributed by atoms with Crippen LogP contribution in [0.25, 0.3) is 11.1 Å². The number of amides is 2. The molecule has 2 amide bonds. The number of pyridine rings is 1. The van der Waals surface area contributed by atoms with Crippen molar-refractivity contribution in [1.82, 2.24) is 25.4 Å². The summed E-state index contributed by atoms with van der Waals surface area (Å²) < 4.78 is 70.7. The smallest absolute Gasteiger partial charge is 0.355 e. The van der Waals surface area contributed by atoms with E-state index in [1.165, 1.54) is 43.6 Å². The lowest BCUT2D eigenvalue weighted by Gasteiger charge is -2.22. The van der Waals surface area contributed by atoms with Gasteiger partial charge in [0.25, 0.3) is 5.91 Å². The highest BCUT2D eigenvalue weighted by Gasteiger charge is 2.39. The maximum atomic E-state index is 14.4. The molecule has 0 saturated carbocycles. The standard InChI is InChI=1S/C31H28F5N5O2/c1-37-30(43)23-16-19(11-12-24(23)33)21-9-5-13-38-28(21)25(15-18-6-4-7-20(32)14-18)39-27(42)17-41-26-10-3-2-8-22(26)29(40-41)31(34,35)36/h4-7,9,11-14,16,25H,2-3,8,10,15,17H2,1H3,(H,37,43)(H,39,42)/t25-/m0/s1. The van der Waals surface area contributed by atoms with Gasteiger partial charge >= 0.3 is 6.18 Å². The van der Waals surface area contributed by atoms with Crippen LogP contribution in [0.4, 0.5) is 22.0 Å². The van der Waals surface area contributed by atoms with Crippen molar-refractivity contribution in [1.29, 1.82) is 0 Å². The molecule has 2 N–H and O–H groups in total. The Morgan fingerprint density at radius 2 is 1.81 bits per heavy atom. The van der Waals surface area contributed by atoms with E-state index in [2.05, 4.69) is 20.7 Å². The van der Waals surface area contributed by atoms with Gasteiger partial charge in [-0.1, -0.05) is 24.3 Å². The first-order valence-electron chi connectivity index (χ1n) is 13.7. The van der Waals surface area contributed by atoms with E-state index < -0.39 is 47.9 Å². The normalized spacial score (nSPS) is 13.7. The second kappa shape index (κ2) is 12.3. The Labute approximate surface area is 244 Å². The third kappa shape index (κ3) is 6.58. The van der Waals surface area contributed by atoms with Crippen molar-refractivity contribution in [3.63, 3.8) is 0 Å². The zero-order valence-corrected chi connectivity index (χ0v) is 23.1. The summed E-state index contributed by atoms with van der Waals surface area (Å²) >= 11 is 0. The molecule has 0 aliphatic heterocycles. The Kier molecular flexibility index (Phi) is 8.56. The van der Waals surface area contributed by atoms with Crippen LogP contribution in [0.5, 0.6) is 0 Å². The van der Waals surface area contributed by atoms with Crippen LogP contribution in [0.15, 0.2) is 60.8 Å². The van der Waals surface area contributed by atoms with E-state index in [-0.39, 0.29) is 24.0 Å². The minimum absolute atomic E-state index is 0.0853. The van der Waals surface area contributed by atoms with Crippen LogP contribution >= 0.6 is 0 Å². The molecule has 2 aromatic heterocycles. The molecule has 2 aromatic carbocycles. The van der Waals surface area contributed by atoms with Gasteiger partial charge in [-0.2, -0.15) is 18.3 Å². The fourth-order valence-electron chi connectivity index (χ4n) is 5.46. The molecule has 1 aliphatic carbocycles. The second-order valence-electron chi connectivity index (χ2n) is 10.3. The van der Waals surface area contributed by atoms with E-state index in [1.807, 2.05) is 0 Å². The third-order valence-electron chi connectivity index (χ3n) is 7.40. The molecular weight excluding hydrogens is 569 g/mol. The summed E-state index contributed by atoms with van der Waals surface area (Å²) in [5.74, 6) is -2.46. The summed E-state index contributed by atoms with van der Waals surface area (Å²) in [4.78, 5) is 30.2. The molecule has 224 valence electrons. The zero-order chi connectivity index (χ0) is 30.7. The van der Waals surface area contributed by atoms with Crippen LogP contribution in [-0.4, -0.2) is 33.6 Å². The first-order chi connectivity index (χ1) is 20.5. The predicted molar refractivity (Wildman–Crippen MR) is 148 cm³/mol. The predicted octanol–water partition coefficient (Wildman–Crippen LogP) is 5.58. The van der Waals surface area contributed by atoms with E-state index in [9.17, 15) is 31.5 Å². The van der Waals surface area contributed by atoms with Crippen molar-refractivity contribution in [2.75, 3.05) is 7.05 Å². The maximum Gasteiger partial charge on any atom is 0.435 e. The van der Waals surface area contributed by atoms with Gasteiger partial charge in [-0.3, -0.25) is 19.3 Å². The second-order valence-corrected chi connectivity index (χ2v) is 10.3. The summed E-state index contributed by atoms with van der Waals surface area (Å²) in [7, 11) is 1.38. The van der Waals surface area contributed by atoms with Crippen molar-refractivity contribution >= 4 is 11.8 Å². The van der Waals surface area contributed by atoms with E-state index in [1.54, 1.807) is 18.2 Å². The van der Waals surface area contributed by atoms with Crippen LogP contribution in [0.1, 0.15) is 57.5 Å². The lowest BCUT2D eigenvalue weighted by Crippen LogP contribution is -2.34. The summed E-state index contributed by atoms with van der Waals surface area (Å²) in [6, 6.07) is 12.2. The van der Waals surface area contributed by atoms with Gasteiger partial charge in [0.1, 0.15) is 18.2 Å². The average molecular weight is 598 g/mol. The number of rotatable bonds is 8. The van der Waals surface area contributed by atoms with Gasteiger partial charge in [-0.25, -0.2) is 8.78 Å². The van der Waals surface area contributed by atoms with Gasteiger partial charge < -0.3 is 10.6 Å². The fourth-order valence-corrected chi connectivity index (χ4v) is 5.46. The number of halogens is 5. The Morgan fingerprint density at radius 1 is 1.02 bits per heavy atom. The Bertz CT molecular complexity index is 1670. The van der Waals surface area contributed by atoms with Crippen molar-refractivity contribution in [2.45, 2.75) is 50.9 Å². The van der Waals surface area contributed by atoms with Crippen LogP contribution in [-0.2, 0) is 36.8 Å². The highest BCUT2D eigenvalue weighted by atomic mass is 19.4. The van der Waals surface area contributed by atoms with Gasteiger partial charge in [0.05, 0.1) is 17.3 Å². The molecule has 0 saturated heterocycles. The summed E-state index contributed by atoms with van der Waals surface area (Å²) in [6.07, 6.45) is -1.16. The number of carbonyl (C=O) groups excluding carboxylic acids is 2. The molecule has 4 aromatic rings. The van der Waals surface area contributed by atoms with E-state index in [4.69, 9.17) is 0 Å². The van der Waals surface area contributed by atoms with E-state index >= 15 is 0 Å². The molecule has 12 heteroatoms. The highest BCUT2D eigenvalue weighted by Crippen LogP contribution is 2.36. The SMILES string of the molecule is CNC(=O)c1cc(-c2cccnc2[C@H](Cc2cccc(F)c2)NC(=O)Cn2nc(C(F)(F)F)c3c2CCCC3)ccc1F. The topological polar surface area (TPSA) is 88.9 Å². The van der Waals surface area contributed by atoms with Crippen molar-refractivity contribution in [2.24, 2.45) is 0 Å². The minimum atomic E-state index is -4.64. The summed E-state index contributed by atoms with van der Waals surface area (Å²) in [6.45, 7) is -0.461. The van der Waals surface area contributed by atoms with E-state index in [0.29, 0.717) is 47.3 Å². The van der Waals surface area contributed by atoms with Gasteiger partial charge in [-0.15, -0.1) is 0 Å². The first-order valence-corrected chi connectivity index (χ1v) is 13.7. The third-order valence-corrected chi connectivity index (χ3v) is 7.40. The molecule has 7 nitrogen and oxygen atoms in total. The van der Waals surface area contributed by atoms with Crippen molar-refractivity contribution in [3.05, 3.63) is 106 Å². The number of hydrogen-bond acceptors (Lipinski definition) is 4. The highest BCUT2D eigenvalue weighted by molar-refractivity contribution is 5.95. The Balaban J connectivity index is 1.51. The molecule has 43 heavy (non-hydrogen) atoms. The van der Waals surface area contributed by atoms with Crippen molar-refractivity contribution < 1.29 is 31.5 Å². The number of alkyl halides is 3. The van der Waals surface area contributed by atoms with E-state index in [0.717, 1.165) is 10.7 Å². The zero-order valence-electron chi connectivity index (χ0n) is 23.1. The molecule has 1 atom stereocenters. The molecule has 0 spiro atoms. The molecule has 1 aliphatic rings. The molecule has 0 fully saturated rings. The number of hydrogen-bond donors (Lipinski definition) is 2. The number of carbonyl (C=O) groups is 2. The maximum absolute atomic E-state index is 14.4. The van der Waals surface area contributed by atoms with Gasteiger partial charge in [0.2, 0.25) is 5.91 Å². The van der Waals surface area contributed by atoms with Crippen molar-refractivity contribution in [3.8, 4) is 11.1 Å². The Morgan fingerprint density at radius 3 is 2.56 bits per heavy atom. The number of nitrogens with zero attached hydrogens (tertiary/aromatic N) is 3. The molecule has 5 rings (SSSR count). The minimum Gasteiger partial charge on any atom is -0.355 e. The Hall–Kier alpha value is -4.61. The average Bonchev–Trinajstić information content (AvgIpc) is 3.35. The van der Waals surface area contributed by atoms with Crippen LogP contribution in [0, 0.1) is 11.6 Å². The van der Waals surface area contributed by atoms with Gasteiger partial charge in [-0.05, 0) is 73.6 Å². The molecule has 2 heterocycles. The van der Waals surface area contributed by atoms with Crippen LogP contribution in [0.3, 0.4) is 0 Å². The number of nitrogens with one attached hydrogen (secondary N) is 2. The number of aromatic nitrogens is 3. The summed E-state index contributed by atoms with van der Waals surface area (Å²) in [5, 5.41) is 9.03. The lowest BCUT2D eigenvalue weighted by atomic mass is 9.94. The molecule has 0 radical (unpaired) electrons. The quantitative estimate of drug-likeness (QED) is 0.260. The summed E-state index contributed by atoms with van der Waals surface area (Å²) in [5.41, 5.74) is 1.14. The molecular formula is C31H28F5N5O2. The monoisotopic (exact) mass is 597 g/mol. The molecule has 0 unspecified atom stereocenters. The fraction of sp³-hybridized carbons (Fsp3) is 0.290. The first kappa shape index (κ1) is 29.9. The van der Waals surface area contributed by atoms with Crippen LogP contribution in [0.2, 0.25) is 0 Å². The van der Waals surface area contributed by atoms with Gasteiger partial charge in [0, 0.05) is 30.1 Å². The lowest BCUT2D eigenvalue weighted by molar-refractivity contribution is -0.142. The van der Waals surface area contributed by atoms with Crippen LogP contribution < -0.4 is 10.6 Å².